The van der Waals surface area contributed by atoms with Crippen LogP contribution in [0.15, 0.2) is 24.3 Å². The van der Waals surface area contributed by atoms with Crippen molar-refractivity contribution in [3.8, 4) is 0 Å². The molecule has 6 nitrogen and oxygen atoms in total. The van der Waals surface area contributed by atoms with Gasteiger partial charge in [-0.15, -0.1) is 0 Å². The van der Waals surface area contributed by atoms with E-state index in [2.05, 4.69) is 10.6 Å². The molecule has 0 aliphatic heterocycles. The lowest BCUT2D eigenvalue weighted by Gasteiger charge is -2.21. The Labute approximate surface area is 142 Å². The van der Waals surface area contributed by atoms with E-state index in [1.54, 1.807) is 12.1 Å². The minimum atomic E-state index is -0.841. The van der Waals surface area contributed by atoms with Gasteiger partial charge >= 0.3 is 5.97 Å². The highest BCUT2D eigenvalue weighted by Crippen LogP contribution is 2.07. The highest BCUT2D eigenvalue weighted by Gasteiger charge is 2.24. The first kappa shape index (κ1) is 19.7. The Balaban J connectivity index is 2.53. The van der Waals surface area contributed by atoms with Gasteiger partial charge in [-0.05, 0) is 37.8 Å². The maximum atomic E-state index is 12.3. The SMILES string of the molecule is Cc1ccc(C(=O)NC(C(=O)NCCCCC(=O)O)C(C)C)cc1. The Morgan fingerprint density at radius 3 is 2.25 bits per heavy atom. The van der Waals surface area contributed by atoms with Crippen LogP contribution in [0.4, 0.5) is 0 Å². The van der Waals surface area contributed by atoms with Crippen LogP contribution in [0.5, 0.6) is 0 Å². The summed E-state index contributed by atoms with van der Waals surface area (Å²) in [6.45, 7) is 6.07. The Morgan fingerprint density at radius 1 is 1.08 bits per heavy atom. The van der Waals surface area contributed by atoms with Crippen molar-refractivity contribution in [2.45, 2.75) is 46.1 Å². The van der Waals surface area contributed by atoms with Crippen molar-refractivity contribution in [3.63, 3.8) is 0 Å². The fourth-order valence-corrected chi connectivity index (χ4v) is 2.19. The number of hydrogen-bond donors (Lipinski definition) is 3. The van der Waals surface area contributed by atoms with Crippen LogP contribution < -0.4 is 10.6 Å². The lowest BCUT2D eigenvalue weighted by molar-refractivity contribution is -0.137. The van der Waals surface area contributed by atoms with Crippen molar-refractivity contribution in [2.75, 3.05) is 6.54 Å². The molecular formula is C18H26N2O4. The van der Waals surface area contributed by atoms with Gasteiger partial charge in [0.2, 0.25) is 5.91 Å². The molecule has 1 rings (SSSR count). The zero-order chi connectivity index (χ0) is 18.1. The number of aryl methyl sites for hydroxylation is 1. The number of carboxylic acid groups (broad SMARTS) is 1. The molecule has 0 radical (unpaired) electrons. The average molecular weight is 334 g/mol. The Kier molecular flexibility index (Phi) is 7.95. The molecule has 1 atom stereocenters. The number of benzene rings is 1. The Hall–Kier alpha value is -2.37. The number of rotatable bonds is 9. The summed E-state index contributed by atoms with van der Waals surface area (Å²) in [5.41, 5.74) is 1.58. The lowest BCUT2D eigenvalue weighted by Crippen LogP contribution is -2.49. The molecule has 0 spiro atoms. The van der Waals surface area contributed by atoms with Crippen molar-refractivity contribution < 1.29 is 19.5 Å². The van der Waals surface area contributed by atoms with Crippen LogP contribution in [-0.4, -0.2) is 35.5 Å². The van der Waals surface area contributed by atoms with Crippen molar-refractivity contribution in [1.29, 1.82) is 0 Å². The lowest BCUT2D eigenvalue weighted by atomic mass is 10.0. The van der Waals surface area contributed by atoms with E-state index in [0.717, 1.165) is 5.56 Å². The number of carbonyl (C=O) groups is 3. The van der Waals surface area contributed by atoms with Crippen LogP contribution in [0, 0.1) is 12.8 Å². The first-order valence-corrected chi connectivity index (χ1v) is 8.18. The maximum Gasteiger partial charge on any atom is 0.303 e. The van der Waals surface area contributed by atoms with Gasteiger partial charge in [0.05, 0.1) is 0 Å². The first-order chi connectivity index (χ1) is 11.3. The topological polar surface area (TPSA) is 95.5 Å². The fraction of sp³-hybridized carbons (Fsp3) is 0.500. The van der Waals surface area contributed by atoms with Gasteiger partial charge in [-0.3, -0.25) is 14.4 Å². The molecule has 0 aromatic heterocycles. The molecule has 6 heteroatoms. The molecule has 0 saturated carbocycles. The van der Waals surface area contributed by atoms with Crippen LogP contribution in [0.3, 0.4) is 0 Å². The van der Waals surface area contributed by atoms with Crippen LogP contribution in [0.25, 0.3) is 0 Å². The van der Waals surface area contributed by atoms with Crippen molar-refractivity contribution in [3.05, 3.63) is 35.4 Å². The van der Waals surface area contributed by atoms with Crippen LogP contribution >= 0.6 is 0 Å². The minimum Gasteiger partial charge on any atom is -0.481 e. The Bertz CT molecular complexity index is 567. The minimum absolute atomic E-state index is 0.0570. The highest BCUT2D eigenvalue weighted by molar-refractivity contribution is 5.97. The van der Waals surface area contributed by atoms with Gasteiger partial charge in [-0.25, -0.2) is 0 Å². The number of unbranched alkanes of at least 4 members (excludes halogenated alkanes) is 1. The summed E-state index contributed by atoms with van der Waals surface area (Å²) in [6.07, 6.45) is 1.19. The average Bonchev–Trinajstić information content (AvgIpc) is 2.51. The van der Waals surface area contributed by atoms with E-state index < -0.39 is 12.0 Å². The number of aliphatic carboxylic acids is 1. The second-order valence-electron chi connectivity index (χ2n) is 6.20. The predicted octanol–water partition coefficient (Wildman–Crippen LogP) is 2.12. The monoisotopic (exact) mass is 334 g/mol. The van der Waals surface area contributed by atoms with Crippen molar-refractivity contribution in [1.82, 2.24) is 10.6 Å². The molecule has 132 valence electrons. The summed E-state index contributed by atoms with van der Waals surface area (Å²) in [5.74, 6) is -1.43. The van der Waals surface area contributed by atoms with E-state index in [-0.39, 0.29) is 24.2 Å². The normalized spacial score (nSPS) is 11.8. The van der Waals surface area contributed by atoms with E-state index >= 15 is 0 Å². The summed E-state index contributed by atoms with van der Waals surface area (Å²) < 4.78 is 0. The maximum absolute atomic E-state index is 12.3. The standard InChI is InChI=1S/C18H26N2O4/c1-12(2)16(18(24)19-11-5-4-6-15(21)22)20-17(23)14-9-7-13(3)8-10-14/h7-10,12,16H,4-6,11H2,1-3H3,(H,19,24)(H,20,23)(H,21,22). The van der Waals surface area contributed by atoms with Gasteiger partial charge in [-0.1, -0.05) is 31.5 Å². The molecule has 1 unspecified atom stereocenters. The Morgan fingerprint density at radius 2 is 1.71 bits per heavy atom. The molecular weight excluding hydrogens is 308 g/mol. The van der Waals surface area contributed by atoms with Crippen molar-refractivity contribution >= 4 is 17.8 Å². The van der Waals surface area contributed by atoms with E-state index in [9.17, 15) is 14.4 Å². The number of amides is 2. The zero-order valence-corrected chi connectivity index (χ0v) is 14.5. The zero-order valence-electron chi connectivity index (χ0n) is 14.5. The second kappa shape index (κ2) is 9.70. The molecule has 1 aromatic carbocycles. The van der Waals surface area contributed by atoms with Crippen LogP contribution in [0.2, 0.25) is 0 Å². The molecule has 1 aromatic rings. The smallest absolute Gasteiger partial charge is 0.303 e. The van der Waals surface area contributed by atoms with E-state index in [1.165, 1.54) is 0 Å². The van der Waals surface area contributed by atoms with Gasteiger partial charge in [0.25, 0.3) is 5.91 Å². The fourth-order valence-electron chi connectivity index (χ4n) is 2.19. The highest BCUT2D eigenvalue weighted by atomic mass is 16.4. The van der Waals surface area contributed by atoms with Gasteiger partial charge in [0.15, 0.2) is 0 Å². The molecule has 0 fully saturated rings. The third kappa shape index (κ3) is 6.81. The largest absolute Gasteiger partial charge is 0.481 e. The summed E-state index contributed by atoms with van der Waals surface area (Å²) in [6, 6.07) is 6.53. The van der Waals surface area contributed by atoms with Gasteiger partial charge in [0.1, 0.15) is 6.04 Å². The third-order valence-corrected chi connectivity index (χ3v) is 3.67. The van der Waals surface area contributed by atoms with Gasteiger partial charge in [-0.2, -0.15) is 0 Å². The van der Waals surface area contributed by atoms with E-state index in [1.807, 2.05) is 32.9 Å². The second-order valence-corrected chi connectivity index (χ2v) is 6.20. The van der Waals surface area contributed by atoms with Gasteiger partial charge in [0, 0.05) is 18.5 Å². The molecule has 2 amide bonds. The number of hydrogen-bond acceptors (Lipinski definition) is 3. The molecule has 0 heterocycles. The van der Waals surface area contributed by atoms with Crippen LogP contribution in [0.1, 0.15) is 49.0 Å². The molecule has 0 bridgehead atoms. The number of carboxylic acids is 1. The van der Waals surface area contributed by atoms with E-state index in [0.29, 0.717) is 24.9 Å². The number of carbonyl (C=O) groups excluding carboxylic acids is 2. The van der Waals surface area contributed by atoms with Gasteiger partial charge < -0.3 is 15.7 Å². The number of nitrogens with one attached hydrogen (secondary N) is 2. The van der Waals surface area contributed by atoms with Crippen molar-refractivity contribution in [2.24, 2.45) is 5.92 Å². The molecule has 0 saturated heterocycles. The summed E-state index contributed by atoms with van der Waals surface area (Å²) >= 11 is 0. The summed E-state index contributed by atoms with van der Waals surface area (Å²) in [7, 11) is 0. The van der Waals surface area contributed by atoms with Crippen LogP contribution in [-0.2, 0) is 9.59 Å². The quantitative estimate of drug-likeness (QED) is 0.603. The summed E-state index contributed by atoms with van der Waals surface area (Å²) in [5, 5.41) is 14.1. The molecule has 0 aliphatic carbocycles. The summed E-state index contributed by atoms with van der Waals surface area (Å²) in [4.78, 5) is 35.0. The molecule has 3 N–H and O–H groups in total. The molecule has 0 aliphatic rings. The van der Waals surface area contributed by atoms with E-state index in [4.69, 9.17) is 5.11 Å². The first-order valence-electron chi connectivity index (χ1n) is 8.18. The molecule has 24 heavy (non-hydrogen) atoms. The third-order valence-electron chi connectivity index (χ3n) is 3.67. The predicted molar refractivity (Wildman–Crippen MR) is 91.8 cm³/mol.